The van der Waals surface area contributed by atoms with Crippen molar-refractivity contribution >= 4 is 21.6 Å². The number of hydrogen-bond acceptors (Lipinski definition) is 4. The van der Waals surface area contributed by atoms with Crippen LogP contribution in [0.4, 0.5) is 4.39 Å². The van der Waals surface area contributed by atoms with Gasteiger partial charge in [0.25, 0.3) is 0 Å². The molecular weight excluding hydrogens is 377 g/mol. The van der Waals surface area contributed by atoms with Crippen molar-refractivity contribution in [3.63, 3.8) is 0 Å². The van der Waals surface area contributed by atoms with Crippen molar-refractivity contribution in [2.75, 3.05) is 26.2 Å². The van der Waals surface area contributed by atoms with E-state index in [0.29, 0.717) is 23.7 Å². The number of nitriles is 1. The van der Waals surface area contributed by atoms with Crippen molar-refractivity contribution in [2.45, 2.75) is 10.9 Å². The van der Waals surface area contributed by atoms with Crippen LogP contribution in [-0.2, 0) is 10.0 Å². The van der Waals surface area contributed by atoms with Crippen molar-refractivity contribution in [3.05, 3.63) is 64.9 Å². The molecule has 0 bridgehead atoms. The van der Waals surface area contributed by atoms with Crippen molar-refractivity contribution in [2.24, 2.45) is 0 Å². The molecule has 1 unspecified atom stereocenters. The van der Waals surface area contributed by atoms with Gasteiger partial charge < -0.3 is 0 Å². The van der Waals surface area contributed by atoms with E-state index >= 15 is 0 Å². The lowest BCUT2D eigenvalue weighted by molar-refractivity contribution is 0.162. The van der Waals surface area contributed by atoms with Gasteiger partial charge in [-0.15, -0.1) is 0 Å². The molecular formula is C18H17ClFN3O2S. The molecule has 1 saturated heterocycles. The summed E-state index contributed by atoms with van der Waals surface area (Å²) in [5.41, 5.74) is 0.694. The van der Waals surface area contributed by atoms with Gasteiger partial charge in [-0.25, -0.2) is 12.8 Å². The molecule has 0 aliphatic carbocycles. The Morgan fingerprint density at radius 1 is 1.08 bits per heavy atom. The average molecular weight is 394 g/mol. The smallest absolute Gasteiger partial charge is 0.243 e. The lowest BCUT2D eigenvalue weighted by Crippen LogP contribution is -2.49. The number of benzene rings is 2. The van der Waals surface area contributed by atoms with E-state index < -0.39 is 16.1 Å². The first-order valence-electron chi connectivity index (χ1n) is 8.06. The molecule has 1 atom stereocenters. The molecule has 0 amide bonds. The zero-order chi connectivity index (χ0) is 18.7. The Morgan fingerprint density at radius 3 is 2.31 bits per heavy atom. The van der Waals surface area contributed by atoms with Gasteiger partial charge in [-0.05, 0) is 35.9 Å². The van der Waals surface area contributed by atoms with Crippen LogP contribution in [-0.4, -0.2) is 43.8 Å². The average Bonchev–Trinajstić information content (AvgIpc) is 2.64. The quantitative estimate of drug-likeness (QED) is 0.800. The number of sulfonamides is 1. The van der Waals surface area contributed by atoms with E-state index in [1.807, 2.05) is 4.90 Å². The molecule has 2 aromatic rings. The highest BCUT2D eigenvalue weighted by Gasteiger charge is 2.31. The van der Waals surface area contributed by atoms with Crippen molar-refractivity contribution in [1.29, 1.82) is 5.26 Å². The number of piperazine rings is 1. The summed E-state index contributed by atoms with van der Waals surface area (Å²) in [4.78, 5) is 2.06. The molecule has 1 fully saturated rings. The largest absolute Gasteiger partial charge is 0.282 e. The van der Waals surface area contributed by atoms with Crippen LogP contribution in [0.2, 0.25) is 5.02 Å². The van der Waals surface area contributed by atoms with Gasteiger partial charge in [0.1, 0.15) is 11.9 Å². The van der Waals surface area contributed by atoms with Crippen molar-refractivity contribution in [3.8, 4) is 6.07 Å². The SMILES string of the molecule is N#CC(c1ccc(F)cc1)N1CCN(S(=O)(=O)c2cccc(Cl)c2)CC1. The fraction of sp³-hybridized carbons (Fsp3) is 0.278. The maximum atomic E-state index is 13.1. The van der Waals surface area contributed by atoms with Crippen molar-refractivity contribution in [1.82, 2.24) is 9.21 Å². The highest BCUT2D eigenvalue weighted by Crippen LogP contribution is 2.25. The Hall–Kier alpha value is -1.98. The minimum absolute atomic E-state index is 0.161. The van der Waals surface area contributed by atoms with Gasteiger partial charge in [-0.3, -0.25) is 4.90 Å². The van der Waals surface area contributed by atoms with Crippen LogP contribution in [0.15, 0.2) is 53.4 Å². The summed E-state index contributed by atoms with van der Waals surface area (Å²) < 4.78 is 40.0. The number of nitrogens with zero attached hydrogens (tertiary/aromatic N) is 3. The third-order valence-electron chi connectivity index (χ3n) is 4.38. The fourth-order valence-corrected chi connectivity index (χ4v) is 4.71. The second-order valence-electron chi connectivity index (χ2n) is 5.98. The number of hydrogen-bond donors (Lipinski definition) is 0. The third kappa shape index (κ3) is 3.89. The van der Waals surface area contributed by atoms with E-state index in [0.717, 1.165) is 0 Å². The highest BCUT2D eigenvalue weighted by molar-refractivity contribution is 7.89. The van der Waals surface area contributed by atoms with Crippen LogP contribution in [0.3, 0.4) is 0 Å². The first-order chi connectivity index (χ1) is 12.4. The van der Waals surface area contributed by atoms with Crippen LogP contribution in [0.25, 0.3) is 0 Å². The van der Waals surface area contributed by atoms with Crippen LogP contribution < -0.4 is 0 Å². The molecule has 1 aliphatic heterocycles. The summed E-state index contributed by atoms with van der Waals surface area (Å²) in [5.74, 6) is -0.358. The molecule has 1 heterocycles. The maximum absolute atomic E-state index is 13.1. The summed E-state index contributed by atoms with van der Waals surface area (Å²) in [7, 11) is -3.62. The van der Waals surface area contributed by atoms with Gasteiger partial charge in [0.2, 0.25) is 10.0 Å². The van der Waals surface area contributed by atoms with Crippen LogP contribution in [0, 0.1) is 17.1 Å². The normalized spacial score (nSPS) is 17.6. The van der Waals surface area contributed by atoms with E-state index in [2.05, 4.69) is 6.07 Å². The van der Waals surface area contributed by atoms with Gasteiger partial charge in [0.15, 0.2) is 0 Å². The standard InChI is InChI=1S/C18H17ClFN3O2S/c19-15-2-1-3-17(12-15)26(24,25)23-10-8-22(9-11-23)18(13-21)14-4-6-16(20)7-5-14/h1-7,12,18H,8-11H2. The molecule has 0 aromatic heterocycles. The van der Waals surface area contributed by atoms with Gasteiger partial charge >= 0.3 is 0 Å². The second kappa shape index (κ2) is 7.72. The van der Waals surface area contributed by atoms with E-state index in [-0.39, 0.29) is 23.8 Å². The summed E-state index contributed by atoms with van der Waals surface area (Å²) in [6, 6.07) is 13.7. The van der Waals surface area contributed by atoms with Gasteiger partial charge in [-0.1, -0.05) is 29.8 Å². The molecule has 1 aliphatic rings. The number of halogens is 2. The van der Waals surface area contributed by atoms with Gasteiger partial charge in [0, 0.05) is 31.2 Å². The van der Waals surface area contributed by atoms with Crippen molar-refractivity contribution < 1.29 is 12.8 Å². The van der Waals surface area contributed by atoms with E-state index in [4.69, 9.17) is 11.6 Å². The van der Waals surface area contributed by atoms with Crippen LogP contribution in [0.1, 0.15) is 11.6 Å². The maximum Gasteiger partial charge on any atom is 0.243 e. The molecule has 8 heteroatoms. The Morgan fingerprint density at radius 2 is 1.73 bits per heavy atom. The zero-order valence-corrected chi connectivity index (χ0v) is 15.4. The van der Waals surface area contributed by atoms with E-state index in [9.17, 15) is 18.1 Å². The minimum atomic E-state index is -3.62. The van der Waals surface area contributed by atoms with E-state index in [1.54, 1.807) is 24.3 Å². The van der Waals surface area contributed by atoms with Gasteiger partial charge in [0.05, 0.1) is 11.0 Å². The summed E-state index contributed by atoms with van der Waals surface area (Å²) in [6.07, 6.45) is 0. The fourth-order valence-electron chi connectivity index (χ4n) is 2.99. The second-order valence-corrected chi connectivity index (χ2v) is 8.35. The van der Waals surface area contributed by atoms with Crippen LogP contribution >= 0.6 is 11.6 Å². The molecule has 0 saturated carbocycles. The Bertz CT molecular complexity index is 920. The number of rotatable bonds is 4. The monoisotopic (exact) mass is 393 g/mol. The lowest BCUT2D eigenvalue weighted by atomic mass is 10.1. The highest BCUT2D eigenvalue weighted by atomic mass is 35.5. The Kier molecular flexibility index (Phi) is 5.58. The molecule has 2 aromatic carbocycles. The van der Waals surface area contributed by atoms with E-state index in [1.165, 1.54) is 28.6 Å². The zero-order valence-electron chi connectivity index (χ0n) is 13.8. The Labute approximate surface area is 157 Å². The third-order valence-corrected chi connectivity index (χ3v) is 6.51. The molecule has 0 N–H and O–H groups in total. The molecule has 136 valence electrons. The predicted molar refractivity (Wildman–Crippen MR) is 96.5 cm³/mol. The topological polar surface area (TPSA) is 64.4 Å². The minimum Gasteiger partial charge on any atom is -0.282 e. The first kappa shape index (κ1) is 18.8. The Balaban J connectivity index is 1.72. The molecule has 3 rings (SSSR count). The predicted octanol–water partition coefficient (Wildman–Crippen LogP) is 3.05. The molecule has 0 radical (unpaired) electrons. The summed E-state index contributed by atoms with van der Waals surface area (Å²) >= 11 is 5.90. The van der Waals surface area contributed by atoms with Gasteiger partial charge in [-0.2, -0.15) is 9.57 Å². The molecule has 0 spiro atoms. The first-order valence-corrected chi connectivity index (χ1v) is 9.88. The summed E-state index contributed by atoms with van der Waals surface area (Å²) in [5, 5.41) is 9.87. The van der Waals surface area contributed by atoms with Crippen LogP contribution in [0.5, 0.6) is 0 Å². The lowest BCUT2D eigenvalue weighted by Gasteiger charge is -2.36. The molecule has 5 nitrogen and oxygen atoms in total. The molecule has 26 heavy (non-hydrogen) atoms. The summed E-state index contributed by atoms with van der Waals surface area (Å²) in [6.45, 7) is 1.37.